The number of nitrogen functional groups attached to an aromatic ring is 1. The van der Waals surface area contributed by atoms with Gasteiger partial charge in [-0.3, -0.25) is 0 Å². The van der Waals surface area contributed by atoms with Crippen LogP contribution >= 0.6 is 0 Å². The lowest BCUT2D eigenvalue weighted by Gasteiger charge is -2.17. The van der Waals surface area contributed by atoms with Crippen LogP contribution in [0, 0.1) is 5.41 Å². The van der Waals surface area contributed by atoms with Gasteiger partial charge < -0.3 is 5.73 Å². The highest BCUT2D eigenvalue weighted by molar-refractivity contribution is 5.51. The van der Waals surface area contributed by atoms with Crippen LogP contribution in [0.5, 0.6) is 0 Å². The average Bonchev–Trinajstić information content (AvgIpc) is 2.46. The van der Waals surface area contributed by atoms with Crippen LogP contribution in [0.15, 0.2) is 12.2 Å². The fourth-order valence-corrected chi connectivity index (χ4v) is 1.37. The van der Waals surface area contributed by atoms with Crippen molar-refractivity contribution in [1.82, 2.24) is 14.8 Å². The number of aromatic nitrogens is 3. The third kappa shape index (κ3) is 1.43. The topological polar surface area (TPSA) is 56.7 Å². The van der Waals surface area contributed by atoms with Crippen LogP contribution in [0.25, 0.3) is 12.3 Å². The van der Waals surface area contributed by atoms with Gasteiger partial charge in [-0.05, 0) is 12.5 Å². The Morgan fingerprint density at radius 3 is 3.00 bits per heavy atom. The van der Waals surface area contributed by atoms with Gasteiger partial charge in [0, 0.05) is 11.6 Å². The van der Waals surface area contributed by atoms with E-state index < -0.39 is 0 Å². The third-order valence-electron chi connectivity index (χ3n) is 2.65. The zero-order chi connectivity index (χ0) is 10.2. The second kappa shape index (κ2) is 2.97. The first kappa shape index (κ1) is 8.99. The Hall–Kier alpha value is -1.58. The molecular formula is C10H14N4. The summed E-state index contributed by atoms with van der Waals surface area (Å²) in [4.78, 5) is 4.10. The summed E-state index contributed by atoms with van der Waals surface area (Å²) in [6.45, 7) is 4.33. The van der Waals surface area contributed by atoms with Gasteiger partial charge in [-0.25, -0.2) is 4.68 Å². The van der Waals surface area contributed by atoms with Gasteiger partial charge in [0.15, 0.2) is 5.82 Å². The standard InChI is InChI=1S/C10H14N4/c1-3-10(2)5-4-8-12-9(11)13-14(8)7-6-10/h4-7H,3H2,1-2H3,(H2,11,13). The van der Waals surface area contributed by atoms with Crippen molar-refractivity contribution < 1.29 is 0 Å². The number of rotatable bonds is 1. The zero-order valence-corrected chi connectivity index (χ0v) is 8.44. The number of fused-ring (bicyclic) bond motifs is 1. The Bertz CT molecular complexity index is 369. The molecule has 74 valence electrons. The molecule has 2 heterocycles. The lowest BCUT2D eigenvalue weighted by molar-refractivity contribution is 0.535. The number of allylic oxidation sites excluding steroid dienone is 2. The minimum absolute atomic E-state index is 0.0944. The van der Waals surface area contributed by atoms with Crippen LogP contribution in [-0.4, -0.2) is 14.8 Å². The molecule has 14 heavy (non-hydrogen) atoms. The van der Waals surface area contributed by atoms with E-state index in [0.29, 0.717) is 5.95 Å². The van der Waals surface area contributed by atoms with Gasteiger partial charge in [-0.15, -0.1) is 5.10 Å². The Morgan fingerprint density at radius 2 is 2.29 bits per heavy atom. The molecule has 1 atom stereocenters. The van der Waals surface area contributed by atoms with Crippen molar-refractivity contribution in [1.29, 1.82) is 0 Å². The number of nitrogens with zero attached hydrogens (tertiary/aromatic N) is 3. The predicted molar refractivity (Wildman–Crippen MR) is 57.2 cm³/mol. The van der Waals surface area contributed by atoms with Crippen LogP contribution in [0.1, 0.15) is 26.1 Å². The first-order valence-electron chi connectivity index (χ1n) is 4.73. The molecule has 0 amide bonds. The Morgan fingerprint density at radius 1 is 1.50 bits per heavy atom. The lowest BCUT2D eigenvalue weighted by Crippen LogP contribution is -2.06. The van der Waals surface area contributed by atoms with E-state index >= 15 is 0 Å². The number of hydrogen-bond acceptors (Lipinski definition) is 3. The van der Waals surface area contributed by atoms with Crippen molar-refractivity contribution in [2.75, 3.05) is 5.73 Å². The summed E-state index contributed by atoms with van der Waals surface area (Å²) in [7, 11) is 0. The SMILES string of the molecule is CCC1(C)C=Cc2nc(N)nn2C=C1. The highest BCUT2D eigenvalue weighted by Gasteiger charge is 2.17. The van der Waals surface area contributed by atoms with Crippen LogP contribution in [0.2, 0.25) is 0 Å². The molecule has 4 nitrogen and oxygen atoms in total. The molecule has 1 aromatic rings. The molecule has 1 aromatic heterocycles. The van der Waals surface area contributed by atoms with E-state index in [1.165, 1.54) is 0 Å². The van der Waals surface area contributed by atoms with Crippen LogP contribution in [0.4, 0.5) is 5.95 Å². The van der Waals surface area contributed by atoms with Gasteiger partial charge in [0.25, 0.3) is 0 Å². The fraction of sp³-hybridized carbons (Fsp3) is 0.400. The summed E-state index contributed by atoms with van der Waals surface area (Å²) in [6.07, 6.45) is 9.19. The molecule has 0 radical (unpaired) electrons. The van der Waals surface area contributed by atoms with Gasteiger partial charge in [0.2, 0.25) is 5.95 Å². The summed E-state index contributed by atoms with van der Waals surface area (Å²) in [5.41, 5.74) is 5.59. The van der Waals surface area contributed by atoms with E-state index in [9.17, 15) is 0 Å². The maximum atomic E-state index is 5.50. The molecule has 2 rings (SSSR count). The van der Waals surface area contributed by atoms with Crippen LogP contribution < -0.4 is 5.73 Å². The Kier molecular flexibility index (Phi) is 1.91. The summed E-state index contributed by atoms with van der Waals surface area (Å²) in [5.74, 6) is 1.10. The van der Waals surface area contributed by atoms with Crippen molar-refractivity contribution in [3.8, 4) is 0 Å². The third-order valence-corrected chi connectivity index (χ3v) is 2.65. The van der Waals surface area contributed by atoms with E-state index in [1.807, 2.05) is 12.3 Å². The summed E-state index contributed by atoms with van der Waals surface area (Å²) in [6, 6.07) is 0. The highest BCUT2D eigenvalue weighted by Crippen LogP contribution is 2.28. The van der Waals surface area contributed by atoms with E-state index in [2.05, 4.69) is 36.1 Å². The first-order chi connectivity index (χ1) is 6.63. The second-order valence-electron chi connectivity index (χ2n) is 3.78. The van der Waals surface area contributed by atoms with Crippen molar-refractivity contribution >= 4 is 18.2 Å². The Balaban J connectivity index is 2.44. The normalized spacial score (nSPS) is 24.7. The van der Waals surface area contributed by atoms with E-state index in [-0.39, 0.29) is 5.41 Å². The molecule has 0 fully saturated rings. The second-order valence-corrected chi connectivity index (χ2v) is 3.78. The molecule has 1 aliphatic heterocycles. The van der Waals surface area contributed by atoms with Crippen LogP contribution in [0.3, 0.4) is 0 Å². The molecule has 0 bridgehead atoms. The fourth-order valence-electron chi connectivity index (χ4n) is 1.37. The molecule has 0 aliphatic carbocycles. The molecule has 0 saturated heterocycles. The van der Waals surface area contributed by atoms with Crippen LogP contribution in [-0.2, 0) is 0 Å². The van der Waals surface area contributed by atoms with Gasteiger partial charge in [0.1, 0.15) is 0 Å². The molecular weight excluding hydrogens is 176 g/mol. The van der Waals surface area contributed by atoms with Crippen molar-refractivity contribution in [3.05, 3.63) is 18.0 Å². The maximum absolute atomic E-state index is 5.50. The predicted octanol–water partition coefficient (Wildman–Crippen LogP) is 1.77. The van der Waals surface area contributed by atoms with Gasteiger partial charge >= 0.3 is 0 Å². The molecule has 0 saturated carbocycles. The summed E-state index contributed by atoms with van der Waals surface area (Å²) < 4.78 is 1.70. The highest BCUT2D eigenvalue weighted by atomic mass is 15.4. The number of hydrogen-bond donors (Lipinski definition) is 1. The quantitative estimate of drug-likeness (QED) is 0.734. The summed E-state index contributed by atoms with van der Waals surface area (Å²) in [5, 5.41) is 4.06. The minimum atomic E-state index is 0.0944. The minimum Gasteiger partial charge on any atom is -0.366 e. The largest absolute Gasteiger partial charge is 0.366 e. The number of anilines is 1. The average molecular weight is 190 g/mol. The molecule has 4 heteroatoms. The van der Waals surface area contributed by atoms with Gasteiger partial charge in [0.05, 0.1) is 0 Å². The van der Waals surface area contributed by atoms with Crippen molar-refractivity contribution in [3.63, 3.8) is 0 Å². The smallest absolute Gasteiger partial charge is 0.240 e. The van der Waals surface area contributed by atoms with Crippen molar-refractivity contribution in [2.45, 2.75) is 20.3 Å². The molecule has 1 aliphatic rings. The maximum Gasteiger partial charge on any atom is 0.240 e. The molecule has 0 spiro atoms. The van der Waals surface area contributed by atoms with E-state index in [0.717, 1.165) is 12.2 Å². The molecule has 0 aromatic carbocycles. The first-order valence-corrected chi connectivity index (χ1v) is 4.73. The molecule has 1 unspecified atom stereocenters. The zero-order valence-electron chi connectivity index (χ0n) is 8.44. The van der Waals surface area contributed by atoms with Gasteiger partial charge in [-0.2, -0.15) is 4.98 Å². The lowest BCUT2D eigenvalue weighted by atomic mass is 9.87. The monoisotopic (exact) mass is 190 g/mol. The van der Waals surface area contributed by atoms with Gasteiger partial charge in [-0.1, -0.05) is 26.0 Å². The van der Waals surface area contributed by atoms with E-state index in [1.54, 1.807) is 4.68 Å². The molecule has 2 N–H and O–H groups in total. The van der Waals surface area contributed by atoms with E-state index in [4.69, 9.17) is 5.73 Å². The number of nitrogens with two attached hydrogens (primary N) is 1. The summed E-state index contributed by atoms with van der Waals surface area (Å²) >= 11 is 0. The van der Waals surface area contributed by atoms with Crippen molar-refractivity contribution in [2.24, 2.45) is 5.41 Å². The Labute approximate surface area is 83.1 Å².